The van der Waals surface area contributed by atoms with Crippen molar-refractivity contribution in [1.82, 2.24) is 59.7 Å². The minimum absolute atomic E-state index is 0.00417. The van der Waals surface area contributed by atoms with Crippen LogP contribution in [0.15, 0.2) is 110 Å². The van der Waals surface area contributed by atoms with Crippen LogP contribution in [0, 0.1) is 0 Å². The Hall–Kier alpha value is -7.53. The lowest BCUT2D eigenvalue weighted by Crippen LogP contribution is -2.37. The molecule has 6 heterocycles. The lowest BCUT2D eigenvalue weighted by Gasteiger charge is -2.26. The van der Waals surface area contributed by atoms with E-state index in [9.17, 15) is 14.4 Å². The van der Waals surface area contributed by atoms with Crippen LogP contribution in [0.4, 0.5) is 17.1 Å². The molecule has 0 spiro atoms. The van der Waals surface area contributed by atoms with Crippen LogP contribution in [0.25, 0.3) is 33.8 Å². The molecule has 21 heteroatoms. The Balaban J connectivity index is 0.781. The molecule has 0 atom stereocenters. The molecule has 7 aromatic rings. The summed E-state index contributed by atoms with van der Waals surface area (Å²) in [4.78, 5) is 45.2. The summed E-state index contributed by atoms with van der Waals surface area (Å²) in [6, 6.07) is 29.4. The number of rotatable bonds is 24. The van der Waals surface area contributed by atoms with Crippen LogP contribution in [0.1, 0.15) is 55.2 Å². The third kappa shape index (κ3) is 16.0. The number of benzene rings is 4. The van der Waals surface area contributed by atoms with Crippen LogP contribution >= 0.6 is 0 Å². The highest BCUT2D eigenvalue weighted by Gasteiger charge is 2.16. The quantitative estimate of drug-likeness (QED) is 0.0656. The molecule has 3 aliphatic heterocycles. The van der Waals surface area contributed by atoms with E-state index in [0.29, 0.717) is 56.0 Å². The van der Waals surface area contributed by atoms with Crippen molar-refractivity contribution in [2.75, 3.05) is 114 Å². The third-order valence-electron chi connectivity index (χ3n) is 14.1. The Morgan fingerprint density at radius 1 is 0.397 bits per heavy atom. The number of ether oxygens (including phenoxy) is 3. The highest BCUT2D eigenvalue weighted by atomic mass is 16.5. The number of carbonyl (C=O) groups is 3. The predicted molar refractivity (Wildman–Crippen MR) is 295 cm³/mol. The average Bonchev–Trinajstić information content (AvgIpc) is 4.28. The molecule has 3 N–H and O–H groups in total. The zero-order valence-corrected chi connectivity index (χ0v) is 44.2. The molecule has 0 radical (unpaired) electrons. The number of amides is 3. The second-order valence-corrected chi connectivity index (χ2v) is 20.1. The summed E-state index contributed by atoms with van der Waals surface area (Å²) in [5.74, 6) is -0.0125. The third-order valence-corrected chi connectivity index (χ3v) is 14.1. The Morgan fingerprint density at radius 3 is 0.936 bits per heavy atom. The SMILES string of the molecule is O=C(CCCN1CCOCC1)Nc1ccc(-c2cn(Cc3cc(Cn4cc(-c5ccc(NC(=O)CCCN6CCOCC6)cc5)nn4)cc(Cn4cc(-c5ccc(NC(=O)CCCN6CCOCC6)cc5)nn4)c3)nn2)cc1. The normalized spacial score (nSPS) is 15.5. The average molecular weight is 1060 g/mol. The summed E-state index contributed by atoms with van der Waals surface area (Å²) >= 11 is 0. The van der Waals surface area contributed by atoms with Crippen molar-refractivity contribution < 1.29 is 28.6 Å². The van der Waals surface area contributed by atoms with Crippen molar-refractivity contribution in [1.29, 1.82) is 0 Å². The van der Waals surface area contributed by atoms with Gasteiger partial charge in [-0.2, -0.15) is 0 Å². The second kappa shape index (κ2) is 27.2. The van der Waals surface area contributed by atoms with Gasteiger partial charge in [0.15, 0.2) is 0 Å². The van der Waals surface area contributed by atoms with E-state index in [4.69, 9.17) is 14.2 Å². The fourth-order valence-corrected chi connectivity index (χ4v) is 9.91. The summed E-state index contributed by atoms with van der Waals surface area (Å²) in [6.07, 6.45) is 9.53. The second-order valence-electron chi connectivity index (χ2n) is 20.1. The van der Waals surface area contributed by atoms with Crippen LogP contribution in [0.5, 0.6) is 0 Å². The smallest absolute Gasteiger partial charge is 0.224 e. The molecule has 21 nitrogen and oxygen atoms in total. The summed E-state index contributed by atoms with van der Waals surface area (Å²) in [5, 5.41) is 36.1. The van der Waals surface area contributed by atoms with Gasteiger partial charge in [-0.15, -0.1) is 15.3 Å². The van der Waals surface area contributed by atoms with Crippen molar-refractivity contribution in [3.8, 4) is 33.8 Å². The highest BCUT2D eigenvalue weighted by molar-refractivity contribution is 5.92. The first-order chi connectivity index (χ1) is 38.3. The van der Waals surface area contributed by atoms with E-state index < -0.39 is 0 Å². The van der Waals surface area contributed by atoms with Crippen LogP contribution in [0.2, 0.25) is 0 Å². The van der Waals surface area contributed by atoms with E-state index in [-0.39, 0.29) is 17.7 Å². The summed E-state index contributed by atoms with van der Waals surface area (Å²) < 4.78 is 21.7. The standard InChI is InChI=1S/C57H69N15O6/c73-55(4-1-19-67-22-28-76-29-23-67)58-49-13-7-46(8-14-49)52-40-70(64-61-52)37-43-34-44(38-71-41-53(62-65-71)47-9-15-50(16-10-47)59-56(74)5-2-20-68-24-30-77-31-25-68)36-45(35-43)39-72-42-54(63-66-72)48-11-17-51(18-12-48)60-57(75)6-3-21-69-26-32-78-33-27-69/h7-18,34-36,40-42H,1-6,19-33,37-39H2,(H,58,73)(H,59,74)(H,60,75). The maximum atomic E-state index is 12.7. The first-order valence-electron chi connectivity index (χ1n) is 27.2. The molecule has 4 aromatic carbocycles. The minimum Gasteiger partial charge on any atom is -0.379 e. The molecule has 78 heavy (non-hydrogen) atoms. The van der Waals surface area contributed by atoms with Gasteiger partial charge in [0, 0.05) is 92.3 Å². The van der Waals surface area contributed by atoms with Gasteiger partial charge in [0.1, 0.15) is 17.1 Å². The molecule has 408 valence electrons. The Bertz CT molecular complexity index is 2700. The van der Waals surface area contributed by atoms with Gasteiger partial charge >= 0.3 is 0 Å². The number of nitrogens with one attached hydrogen (secondary N) is 3. The van der Waals surface area contributed by atoms with E-state index in [1.165, 1.54) is 0 Å². The molecule has 0 unspecified atom stereocenters. The van der Waals surface area contributed by atoms with Crippen molar-refractivity contribution in [2.45, 2.75) is 58.2 Å². The highest BCUT2D eigenvalue weighted by Crippen LogP contribution is 2.24. The Kier molecular flexibility index (Phi) is 18.8. The zero-order valence-electron chi connectivity index (χ0n) is 44.2. The van der Waals surface area contributed by atoms with Gasteiger partial charge in [-0.3, -0.25) is 29.1 Å². The topological polar surface area (TPSA) is 217 Å². The minimum atomic E-state index is -0.00417. The van der Waals surface area contributed by atoms with Crippen molar-refractivity contribution >= 4 is 34.8 Å². The summed E-state index contributed by atoms with van der Waals surface area (Å²) in [7, 11) is 0. The lowest BCUT2D eigenvalue weighted by molar-refractivity contribution is -0.117. The molecular weight excluding hydrogens is 991 g/mol. The molecule has 0 aliphatic carbocycles. The number of anilines is 3. The molecule has 3 amide bonds. The van der Waals surface area contributed by atoms with Gasteiger partial charge in [0.2, 0.25) is 17.7 Å². The lowest BCUT2D eigenvalue weighted by atomic mass is 10.0. The van der Waals surface area contributed by atoms with Gasteiger partial charge in [0.25, 0.3) is 0 Å². The number of aromatic nitrogens is 9. The molecule has 0 bridgehead atoms. The van der Waals surface area contributed by atoms with Gasteiger partial charge in [-0.25, -0.2) is 14.0 Å². The first kappa shape index (κ1) is 53.9. The van der Waals surface area contributed by atoms with Gasteiger partial charge in [0.05, 0.1) is 77.9 Å². The van der Waals surface area contributed by atoms with E-state index in [1.807, 2.05) is 105 Å². The van der Waals surface area contributed by atoms with Crippen LogP contribution in [-0.4, -0.2) is 176 Å². The number of carbonyl (C=O) groups excluding carboxylic acids is 3. The number of morpholine rings is 3. The predicted octanol–water partition coefficient (Wildman–Crippen LogP) is 5.76. The van der Waals surface area contributed by atoms with E-state index in [2.05, 4.69) is 79.8 Å². The van der Waals surface area contributed by atoms with Gasteiger partial charge < -0.3 is 30.2 Å². The van der Waals surface area contributed by atoms with E-state index in [1.54, 1.807) is 0 Å². The van der Waals surface area contributed by atoms with Crippen LogP contribution in [0.3, 0.4) is 0 Å². The van der Waals surface area contributed by atoms with Crippen molar-refractivity contribution in [3.63, 3.8) is 0 Å². The molecule has 0 saturated carbocycles. The maximum Gasteiger partial charge on any atom is 0.224 e. The summed E-state index contributed by atoms with van der Waals surface area (Å²) in [6.45, 7) is 14.0. The van der Waals surface area contributed by atoms with Gasteiger partial charge in [-0.05, 0) is 92.0 Å². The molecule has 10 rings (SSSR count). The van der Waals surface area contributed by atoms with Gasteiger partial charge in [-0.1, -0.05) is 70.2 Å². The Morgan fingerprint density at radius 2 is 0.667 bits per heavy atom. The maximum absolute atomic E-state index is 12.7. The van der Waals surface area contributed by atoms with Crippen molar-refractivity contribution in [3.05, 3.63) is 126 Å². The first-order valence-corrected chi connectivity index (χ1v) is 27.2. The molecule has 3 aliphatic rings. The fraction of sp³-hybridized carbons (Fsp3) is 0.421. The van der Waals surface area contributed by atoms with E-state index in [0.717, 1.165) is 168 Å². The zero-order chi connectivity index (χ0) is 53.3. The molecular formula is C57H69N15O6. The number of hydrogen-bond donors (Lipinski definition) is 3. The van der Waals surface area contributed by atoms with Crippen LogP contribution < -0.4 is 16.0 Å². The Labute approximate surface area is 454 Å². The van der Waals surface area contributed by atoms with Crippen molar-refractivity contribution in [2.24, 2.45) is 0 Å². The summed E-state index contributed by atoms with van der Waals surface area (Å²) in [5.41, 5.74) is 10.0. The van der Waals surface area contributed by atoms with Crippen LogP contribution in [-0.2, 0) is 48.2 Å². The molecule has 3 fully saturated rings. The fourth-order valence-electron chi connectivity index (χ4n) is 9.91. The largest absolute Gasteiger partial charge is 0.379 e. The van der Waals surface area contributed by atoms with E-state index >= 15 is 0 Å². The number of hydrogen-bond acceptors (Lipinski definition) is 15. The molecule has 3 saturated heterocycles. The number of nitrogens with zero attached hydrogens (tertiary/aromatic N) is 12. The molecule has 3 aromatic heterocycles. The monoisotopic (exact) mass is 1060 g/mol.